The van der Waals surface area contributed by atoms with Crippen molar-refractivity contribution in [1.82, 2.24) is 4.90 Å². The first-order valence-corrected chi connectivity index (χ1v) is 9.80. The van der Waals surface area contributed by atoms with Crippen LogP contribution in [0.2, 0.25) is 5.02 Å². The van der Waals surface area contributed by atoms with Gasteiger partial charge in [0.05, 0.1) is 13.1 Å². The van der Waals surface area contributed by atoms with Gasteiger partial charge in [-0.25, -0.2) is 0 Å². The molecule has 0 saturated heterocycles. The van der Waals surface area contributed by atoms with Gasteiger partial charge < -0.3 is 20.1 Å². The van der Waals surface area contributed by atoms with Gasteiger partial charge in [-0.05, 0) is 43.3 Å². The molecule has 2 aromatic rings. The van der Waals surface area contributed by atoms with E-state index >= 15 is 0 Å². The monoisotopic (exact) mass is 417 g/mol. The molecule has 0 atom stereocenters. The van der Waals surface area contributed by atoms with E-state index in [4.69, 9.17) is 21.1 Å². The van der Waals surface area contributed by atoms with Crippen molar-refractivity contribution in [1.29, 1.82) is 0 Å². The summed E-state index contributed by atoms with van der Waals surface area (Å²) < 4.78 is 11.0. The van der Waals surface area contributed by atoms with E-state index in [1.54, 1.807) is 35.2 Å². The molecular formula is C21H24ClN3O4. The molecule has 0 radical (unpaired) electrons. The van der Waals surface area contributed by atoms with E-state index in [0.717, 1.165) is 5.56 Å². The smallest absolute Gasteiger partial charge is 0.238 e. The van der Waals surface area contributed by atoms with E-state index in [0.29, 0.717) is 47.7 Å². The molecule has 0 aliphatic carbocycles. The number of rotatable bonds is 7. The number of nitrogens with one attached hydrogen (secondary N) is 2. The van der Waals surface area contributed by atoms with E-state index in [2.05, 4.69) is 10.6 Å². The van der Waals surface area contributed by atoms with Crippen molar-refractivity contribution in [3.8, 4) is 11.5 Å². The lowest BCUT2D eigenvalue weighted by Crippen LogP contribution is -2.38. The summed E-state index contributed by atoms with van der Waals surface area (Å²) >= 11 is 6.09. The molecule has 0 aromatic heterocycles. The average Bonchev–Trinajstić information content (AvgIpc) is 2.70. The van der Waals surface area contributed by atoms with E-state index in [1.165, 1.54) is 0 Å². The number of halogens is 1. The largest absolute Gasteiger partial charge is 0.486 e. The second-order valence-electron chi connectivity index (χ2n) is 6.72. The second kappa shape index (κ2) is 9.62. The lowest BCUT2D eigenvalue weighted by Gasteiger charge is -2.21. The van der Waals surface area contributed by atoms with Crippen molar-refractivity contribution in [3.05, 3.63) is 47.0 Å². The molecule has 0 saturated carbocycles. The topological polar surface area (TPSA) is 79.9 Å². The highest BCUT2D eigenvalue weighted by Gasteiger charge is 2.16. The highest BCUT2D eigenvalue weighted by Crippen LogP contribution is 2.32. The molecule has 1 aliphatic heterocycles. The van der Waals surface area contributed by atoms with Gasteiger partial charge in [-0.1, -0.05) is 24.6 Å². The van der Waals surface area contributed by atoms with Crippen molar-refractivity contribution < 1.29 is 19.1 Å². The minimum atomic E-state index is -0.213. The summed E-state index contributed by atoms with van der Waals surface area (Å²) in [5.74, 6) is 0.850. The predicted octanol–water partition coefficient (Wildman–Crippen LogP) is 3.32. The predicted molar refractivity (Wildman–Crippen MR) is 113 cm³/mol. The van der Waals surface area contributed by atoms with E-state index in [1.807, 2.05) is 19.9 Å². The van der Waals surface area contributed by atoms with Crippen LogP contribution in [0.15, 0.2) is 36.4 Å². The third kappa shape index (κ3) is 5.85. The molecule has 2 amide bonds. The number of nitrogens with zero attached hydrogens (tertiary/aromatic N) is 1. The maximum atomic E-state index is 12.4. The minimum absolute atomic E-state index is 0.0903. The van der Waals surface area contributed by atoms with Gasteiger partial charge in [-0.3, -0.25) is 14.5 Å². The molecule has 2 aromatic carbocycles. The van der Waals surface area contributed by atoms with Gasteiger partial charge in [0.1, 0.15) is 13.2 Å². The first-order valence-electron chi connectivity index (χ1n) is 9.42. The molecule has 3 rings (SSSR count). The lowest BCUT2D eigenvalue weighted by atomic mass is 10.2. The Morgan fingerprint density at radius 3 is 2.17 bits per heavy atom. The van der Waals surface area contributed by atoms with Gasteiger partial charge in [0, 0.05) is 22.5 Å². The zero-order chi connectivity index (χ0) is 20.8. The van der Waals surface area contributed by atoms with Crippen LogP contribution >= 0.6 is 11.6 Å². The fourth-order valence-electron chi connectivity index (χ4n) is 2.88. The number of carbonyl (C=O) groups is 2. The van der Waals surface area contributed by atoms with Gasteiger partial charge in [-0.15, -0.1) is 0 Å². The van der Waals surface area contributed by atoms with Gasteiger partial charge in [0.25, 0.3) is 0 Å². The number of hydrogen-bond donors (Lipinski definition) is 2. The van der Waals surface area contributed by atoms with Crippen LogP contribution in [0.1, 0.15) is 12.5 Å². The Labute approximate surface area is 174 Å². The third-order valence-corrected chi connectivity index (χ3v) is 4.87. The average molecular weight is 418 g/mol. The molecule has 1 heterocycles. The maximum Gasteiger partial charge on any atom is 0.238 e. The quantitative estimate of drug-likeness (QED) is 0.722. The second-order valence-corrected chi connectivity index (χ2v) is 7.13. The molecule has 0 spiro atoms. The van der Waals surface area contributed by atoms with E-state index < -0.39 is 0 Å². The molecule has 2 N–H and O–H groups in total. The molecule has 0 bridgehead atoms. The van der Waals surface area contributed by atoms with Crippen molar-refractivity contribution in [2.45, 2.75) is 13.8 Å². The zero-order valence-corrected chi connectivity index (χ0v) is 17.2. The number of likely N-dealkylation sites (N-methyl/N-ethyl adjacent to an activating group) is 1. The van der Waals surface area contributed by atoms with Gasteiger partial charge in [-0.2, -0.15) is 0 Å². The van der Waals surface area contributed by atoms with Crippen LogP contribution in [0.3, 0.4) is 0 Å². The zero-order valence-electron chi connectivity index (χ0n) is 16.5. The lowest BCUT2D eigenvalue weighted by molar-refractivity contribution is -0.119. The van der Waals surface area contributed by atoms with Gasteiger partial charge >= 0.3 is 0 Å². The highest BCUT2D eigenvalue weighted by molar-refractivity contribution is 6.31. The normalized spacial score (nSPS) is 12.6. The number of hydrogen-bond acceptors (Lipinski definition) is 5. The van der Waals surface area contributed by atoms with Crippen LogP contribution in [-0.2, 0) is 9.59 Å². The molecule has 29 heavy (non-hydrogen) atoms. The summed E-state index contributed by atoms with van der Waals surface area (Å²) in [7, 11) is 0. The first-order chi connectivity index (χ1) is 13.9. The van der Waals surface area contributed by atoms with Crippen molar-refractivity contribution in [2.24, 2.45) is 0 Å². The molecule has 0 unspecified atom stereocenters. The molecule has 1 aliphatic rings. The Morgan fingerprint density at radius 2 is 1.55 bits per heavy atom. The third-order valence-electron chi connectivity index (χ3n) is 4.46. The Morgan fingerprint density at radius 1 is 0.966 bits per heavy atom. The van der Waals surface area contributed by atoms with Gasteiger partial charge in [0.15, 0.2) is 11.5 Å². The fourth-order valence-corrected chi connectivity index (χ4v) is 3.06. The van der Waals surface area contributed by atoms with Crippen LogP contribution in [-0.4, -0.2) is 49.6 Å². The molecule has 0 fully saturated rings. The van der Waals surface area contributed by atoms with Crippen LogP contribution < -0.4 is 20.1 Å². The Balaban J connectivity index is 1.52. The summed E-state index contributed by atoms with van der Waals surface area (Å²) in [6, 6.07) is 10.6. The van der Waals surface area contributed by atoms with Crippen molar-refractivity contribution in [2.75, 3.05) is 43.5 Å². The molecule has 154 valence electrons. The summed E-state index contributed by atoms with van der Waals surface area (Å²) in [5.41, 5.74) is 2.19. The summed E-state index contributed by atoms with van der Waals surface area (Å²) in [6.07, 6.45) is 0. The number of amides is 2. The summed E-state index contributed by atoms with van der Waals surface area (Å²) in [5, 5.41) is 6.22. The number of fused-ring (bicyclic) bond motifs is 1. The molecule has 8 heteroatoms. The fraction of sp³-hybridized carbons (Fsp3) is 0.333. The van der Waals surface area contributed by atoms with Gasteiger partial charge in [0.2, 0.25) is 11.8 Å². The van der Waals surface area contributed by atoms with Crippen molar-refractivity contribution in [3.63, 3.8) is 0 Å². The Bertz CT molecular complexity index is 903. The standard InChI is InChI=1S/C21H24ClN3O4/c1-3-25(12-20(26)23-15-5-4-14(2)17(22)10-15)13-21(27)24-16-6-7-18-19(11-16)29-9-8-28-18/h4-7,10-11H,3,8-9,12-13H2,1-2H3,(H,23,26)(H,24,27). The SMILES string of the molecule is CCN(CC(=O)Nc1ccc(C)c(Cl)c1)CC(=O)Nc1ccc2c(c1)OCCO2. The molecular weight excluding hydrogens is 394 g/mol. The van der Waals surface area contributed by atoms with Crippen LogP contribution in [0.25, 0.3) is 0 Å². The number of carbonyl (C=O) groups excluding carboxylic acids is 2. The van der Waals surface area contributed by atoms with Crippen LogP contribution in [0.5, 0.6) is 11.5 Å². The highest BCUT2D eigenvalue weighted by atomic mass is 35.5. The molecule has 7 nitrogen and oxygen atoms in total. The van der Waals surface area contributed by atoms with E-state index in [9.17, 15) is 9.59 Å². The first kappa shape index (κ1) is 21.0. The van der Waals surface area contributed by atoms with Crippen LogP contribution in [0, 0.1) is 6.92 Å². The number of anilines is 2. The number of benzene rings is 2. The Hall–Kier alpha value is -2.77. The van der Waals surface area contributed by atoms with Crippen LogP contribution in [0.4, 0.5) is 11.4 Å². The summed E-state index contributed by atoms with van der Waals surface area (Å²) in [4.78, 5) is 26.5. The minimum Gasteiger partial charge on any atom is -0.486 e. The number of ether oxygens (including phenoxy) is 2. The number of aryl methyl sites for hydroxylation is 1. The summed E-state index contributed by atoms with van der Waals surface area (Å²) in [6.45, 7) is 5.52. The van der Waals surface area contributed by atoms with E-state index in [-0.39, 0.29) is 24.9 Å². The van der Waals surface area contributed by atoms with Crippen molar-refractivity contribution >= 4 is 34.8 Å². The Kier molecular flexibility index (Phi) is 6.95. The maximum absolute atomic E-state index is 12.4.